The maximum absolute atomic E-state index is 11.4. The van der Waals surface area contributed by atoms with E-state index in [1.54, 1.807) is 11.8 Å². The molecule has 1 unspecified atom stereocenters. The van der Waals surface area contributed by atoms with Gasteiger partial charge in [-0.1, -0.05) is 0 Å². The third-order valence-corrected chi connectivity index (χ3v) is 3.03. The Morgan fingerprint density at radius 1 is 1.80 bits per heavy atom. The first-order valence-electron chi connectivity index (χ1n) is 4.52. The molecule has 0 radical (unpaired) electrons. The zero-order valence-corrected chi connectivity index (χ0v) is 9.08. The predicted octanol–water partition coefficient (Wildman–Crippen LogP) is -0.638. The van der Waals surface area contributed by atoms with Gasteiger partial charge in [-0.05, 0) is 6.92 Å². The van der Waals surface area contributed by atoms with Gasteiger partial charge in [0.05, 0.1) is 11.4 Å². The molecule has 0 saturated carbocycles. The van der Waals surface area contributed by atoms with Crippen LogP contribution in [0, 0.1) is 10.1 Å². The lowest BCUT2D eigenvalue weighted by atomic mass is 10.3. The SMILES string of the molecule is CC1N[C@H](C(=O)NCCO[N+](=O)[O-])CS1. The first kappa shape index (κ1) is 12.1. The van der Waals surface area contributed by atoms with E-state index in [1.165, 1.54) is 0 Å². The summed E-state index contributed by atoms with van der Waals surface area (Å²) in [5.74, 6) is 0.585. The highest BCUT2D eigenvalue weighted by molar-refractivity contribution is 8.00. The van der Waals surface area contributed by atoms with Gasteiger partial charge in [0.15, 0.2) is 0 Å². The fourth-order valence-electron chi connectivity index (χ4n) is 1.19. The van der Waals surface area contributed by atoms with E-state index in [0.717, 1.165) is 5.75 Å². The van der Waals surface area contributed by atoms with Crippen molar-refractivity contribution < 1.29 is 14.7 Å². The lowest BCUT2D eigenvalue weighted by molar-refractivity contribution is -0.757. The first-order chi connectivity index (χ1) is 7.09. The number of nitrogens with one attached hydrogen (secondary N) is 2. The lowest BCUT2D eigenvalue weighted by Crippen LogP contribution is -2.44. The average molecular weight is 235 g/mol. The minimum absolute atomic E-state index is 0.117. The van der Waals surface area contributed by atoms with Crippen LogP contribution in [0.3, 0.4) is 0 Å². The molecule has 0 aliphatic carbocycles. The second-order valence-electron chi connectivity index (χ2n) is 3.04. The van der Waals surface area contributed by atoms with Crippen molar-refractivity contribution in [1.82, 2.24) is 10.6 Å². The molecule has 1 rings (SSSR count). The summed E-state index contributed by atoms with van der Waals surface area (Å²) in [5.41, 5.74) is 0. The molecule has 15 heavy (non-hydrogen) atoms. The van der Waals surface area contributed by atoms with Gasteiger partial charge in [0.2, 0.25) is 5.91 Å². The lowest BCUT2D eigenvalue weighted by Gasteiger charge is -2.10. The second-order valence-corrected chi connectivity index (χ2v) is 4.42. The molecule has 0 bridgehead atoms. The van der Waals surface area contributed by atoms with Crippen molar-refractivity contribution in [2.24, 2.45) is 0 Å². The fourth-order valence-corrected chi connectivity index (χ4v) is 2.18. The van der Waals surface area contributed by atoms with E-state index in [4.69, 9.17) is 0 Å². The zero-order chi connectivity index (χ0) is 11.3. The van der Waals surface area contributed by atoms with Crippen LogP contribution < -0.4 is 10.6 Å². The molecule has 1 fully saturated rings. The maximum atomic E-state index is 11.4. The Labute approximate surface area is 91.0 Å². The average Bonchev–Trinajstić information content (AvgIpc) is 2.59. The summed E-state index contributed by atoms with van der Waals surface area (Å²) in [6, 6.07) is -0.208. The minimum Gasteiger partial charge on any atom is -0.353 e. The third-order valence-electron chi connectivity index (χ3n) is 1.86. The largest absolute Gasteiger partial charge is 0.353 e. The van der Waals surface area contributed by atoms with Gasteiger partial charge >= 0.3 is 0 Å². The molecule has 8 heteroatoms. The van der Waals surface area contributed by atoms with Crippen LogP contribution in [0.5, 0.6) is 0 Å². The summed E-state index contributed by atoms with van der Waals surface area (Å²) < 4.78 is 0. The van der Waals surface area contributed by atoms with Gasteiger partial charge in [-0.25, -0.2) is 0 Å². The van der Waals surface area contributed by atoms with Crippen LogP contribution in [0.2, 0.25) is 0 Å². The van der Waals surface area contributed by atoms with Gasteiger partial charge in [-0.15, -0.1) is 21.9 Å². The van der Waals surface area contributed by atoms with E-state index in [-0.39, 0.29) is 30.5 Å². The topological polar surface area (TPSA) is 93.5 Å². The second kappa shape index (κ2) is 5.76. The number of carbonyl (C=O) groups is 1. The quantitative estimate of drug-likeness (QED) is 0.374. The predicted molar refractivity (Wildman–Crippen MR) is 54.8 cm³/mol. The van der Waals surface area contributed by atoms with Crippen molar-refractivity contribution in [3.8, 4) is 0 Å². The molecule has 1 aliphatic heterocycles. The van der Waals surface area contributed by atoms with E-state index in [9.17, 15) is 14.9 Å². The Hall–Kier alpha value is -1.02. The Balaban J connectivity index is 2.11. The normalized spacial score (nSPS) is 24.9. The molecular weight excluding hydrogens is 222 g/mol. The van der Waals surface area contributed by atoms with Crippen LogP contribution in [-0.2, 0) is 9.63 Å². The van der Waals surface area contributed by atoms with Gasteiger partial charge in [0.25, 0.3) is 5.09 Å². The number of carbonyl (C=O) groups excluding carboxylic acids is 1. The Bertz CT molecular complexity index is 250. The first-order valence-corrected chi connectivity index (χ1v) is 5.57. The van der Waals surface area contributed by atoms with Gasteiger partial charge in [-0.2, -0.15) is 0 Å². The highest BCUT2D eigenvalue weighted by atomic mass is 32.2. The monoisotopic (exact) mass is 235 g/mol. The van der Waals surface area contributed by atoms with Crippen molar-refractivity contribution in [2.75, 3.05) is 18.9 Å². The molecule has 1 aliphatic rings. The van der Waals surface area contributed by atoms with E-state index in [1.807, 2.05) is 6.92 Å². The summed E-state index contributed by atoms with van der Waals surface area (Å²) in [4.78, 5) is 25.3. The molecule has 0 spiro atoms. The molecule has 2 N–H and O–H groups in total. The van der Waals surface area contributed by atoms with Crippen LogP contribution in [0.4, 0.5) is 0 Å². The van der Waals surface area contributed by atoms with E-state index in [2.05, 4.69) is 15.5 Å². The number of rotatable bonds is 5. The van der Waals surface area contributed by atoms with Crippen LogP contribution in [0.15, 0.2) is 0 Å². The van der Waals surface area contributed by atoms with Crippen molar-refractivity contribution >= 4 is 17.7 Å². The van der Waals surface area contributed by atoms with Crippen LogP contribution in [0.25, 0.3) is 0 Å². The molecule has 1 saturated heterocycles. The third kappa shape index (κ3) is 4.34. The van der Waals surface area contributed by atoms with Gasteiger partial charge in [0.1, 0.15) is 6.61 Å². The van der Waals surface area contributed by atoms with E-state index < -0.39 is 5.09 Å². The number of thioether (sulfide) groups is 1. The zero-order valence-electron chi connectivity index (χ0n) is 8.26. The summed E-state index contributed by atoms with van der Waals surface area (Å²) >= 11 is 1.67. The minimum atomic E-state index is -0.877. The number of hydrogen-bond acceptors (Lipinski definition) is 6. The number of nitrogens with zero attached hydrogens (tertiary/aromatic N) is 1. The van der Waals surface area contributed by atoms with E-state index >= 15 is 0 Å². The maximum Gasteiger partial charge on any atom is 0.294 e. The Morgan fingerprint density at radius 2 is 2.53 bits per heavy atom. The molecule has 86 valence electrons. The van der Waals surface area contributed by atoms with Crippen LogP contribution >= 0.6 is 11.8 Å². The van der Waals surface area contributed by atoms with Crippen molar-refractivity contribution in [1.29, 1.82) is 0 Å². The van der Waals surface area contributed by atoms with Gasteiger partial charge in [-0.3, -0.25) is 10.1 Å². The van der Waals surface area contributed by atoms with Crippen molar-refractivity contribution in [3.05, 3.63) is 10.1 Å². The highest BCUT2D eigenvalue weighted by Gasteiger charge is 2.26. The summed E-state index contributed by atoms with van der Waals surface area (Å²) in [7, 11) is 0. The molecule has 2 atom stereocenters. The standard InChI is InChI=1S/C7H13N3O4S/c1-5-9-6(4-15-5)7(11)8-2-3-14-10(12)13/h5-6,9H,2-4H2,1H3,(H,8,11)/t5?,6-/m0/s1. The van der Waals surface area contributed by atoms with Crippen LogP contribution in [0.1, 0.15) is 6.92 Å². The van der Waals surface area contributed by atoms with Gasteiger partial charge < -0.3 is 10.2 Å². The molecule has 0 aromatic rings. The number of hydrogen-bond donors (Lipinski definition) is 2. The summed E-state index contributed by atoms with van der Waals surface area (Å²) in [6.07, 6.45) is 0. The number of amides is 1. The molecule has 7 nitrogen and oxygen atoms in total. The Kier molecular flexibility index (Phi) is 4.63. The van der Waals surface area contributed by atoms with Crippen LogP contribution in [-0.4, -0.2) is 41.3 Å². The van der Waals surface area contributed by atoms with Gasteiger partial charge in [0, 0.05) is 12.3 Å². The van der Waals surface area contributed by atoms with Crippen molar-refractivity contribution in [2.45, 2.75) is 18.3 Å². The molecule has 0 aromatic carbocycles. The van der Waals surface area contributed by atoms with Crippen molar-refractivity contribution in [3.63, 3.8) is 0 Å². The smallest absolute Gasteiger partial charge is 0.294 e. The summed E-state index contributed by atoms with van der Waals surface area (Å²) in [5, 5.41) is 14.8. The molecule has 1 amide bonds. The molecule has 0 aromatic heterocycles. The Morgan fingerprint density at radius 3 is 3.07 bits per heavy atom. The van der Waals surface area contributed by atoms with E-state index in [0.29, 0.717) is 0 Å². The molecule has 1 heterocycles. The fraction of sp³-hybridized carbons (Fsp3) is 0.857. The molecular formula is C7H13N3O4S. The summed E-state index contributed by atoms with van der Waals surface area (Å²) in [6.45, 7) is 2.01. The highest BCUT2D eigenvalue weighted by Crippen LogP contribution is 2.17.